The van der Waals surface area contributed by atoms with Gasteiger partial charge >= 0.3 is 0 Å². The third-order valence-corrected chi connectivity index (χ3v) is 3.06. The molecule has 0 aliphatic rings. The van der Waals surface area contributed by atoms with E-state index in [-0.39, 0.29) is 12.5 Å². The van der Waals surface area contributed by atoms with Crippen molar-refractivity contribution in [1.82, 2.24) is 14.8 Å². The molecule has 1 rings (SSSR count). The number of aliphatic hydroxyl groups is 1. The van der Waals surface area contributed by atoms with E-state index < -0.39 is 0 Å². The summed E-state index contributed by atoms with van der Waals surface area (Å²) in [6.45, 7) is 4.04. The van der Waals surface area contributed by atoms with Crippen molar-refractivity contribution < 1.29 is 9.90 Å². The fourth-order valence-corrected chi connectivity index (χ4v) is 1.97. The molecule has 0 aliphatic heterocycles. The number of carbonyl (C=O) groups excluding carboxylic acids is 1. The maximum atomic E-state index is 12.6. The SMILES string of the molecule is CCN(CCCN(C)C)C(=O)c1ccncc1C#CCO. The van der Waals surface area contributed by atoms with E-state index in [4.69, 9.17) is 5.11 Å². The predicted molar refractivity (Wildman–Crippen MR) is 82.9 cm³/mol. The smallest absolute Gasteiger partial charge is 0.255 e. The molecule has 0 saturated heterocycles. The first-order valence-electron chi connectivity index (χ1n) is 7.07. The van der Waals surface area contributed by atoms with Gasteiger partial charge in [0.1, 0.15) is 6.61 Å². The minimum absolute atomic E-state index is 0.0408. The number of hydrogen-bond donors (Lipinski definition) is 1. The van der Waals surface area contributed by atoms with Crippen LogP contribution in [0, 0.1) is 11.8 Å². The Balaban J connectivity index is 2.85. The van der Waals surface area contributed by atoms with Crippen LogP contribution in [0.4, 0.5) is 0 Å². The molecule has 1 heterocycles. The highest BCUT2D eigenvalue weighted by molar-refractivity contribution is 5.96. The van der Waals surface area contributed by atoms with Crippen LogP contribution in [-0.4, -0.2) is 66.1 Å². The van der Waals surface area contributed by atoms with Crippen LogP contribution in [0.5, 0.6) is 0 Å². The number of aromatic nitrogens is 1. The second kappa shape index (κ2) is 9.11. The molecule has 0 aromatic carbocycles. The lowest BCUT2D eigenvalue weighted by Gasteiger charge is -2.22. The first-order valence-corrected chi connectivity index (χ1v) is 7.07. The minimum Gasteiger partial charge on any atom is -0.384 e. The normalized spacial score (nSPS) is 10.1. The van der Waals surface area contributed by atoms with E-state index in [1.165, 1.54) is 0 Å². The number of carbonyl (C=O) groups is 1. The highest BCUT2D eigenvalue weighted by Gasteiger charge is 2.16. The summed E-state index contributed by atoms with van der Waals surface area (Å²) >= 11 is 0. The van der Waals surface area contributed by atoms with Crippen LogP contribution in [0.25, 0.3) is 0 Å². The molecule has 0 aliphatic carbocycles. The lowest BCUT2D eigenvalue weighted by molar-refractivity contribution is 0.0759. The predicted octanol–water partition coefficient (Wildman–Crippen LogP) is 0.839. The Morgan fingerprint density at radius 3 is 2.76 bits per heavy atom. The van der Waals surface area contributed by atoms with Crippen LogP contribution in [0.2, 0.25) is 0 Å². The molecule has 1 amide bonds. The number of rotatable bonds is 6. The second-order valence-electron chi connectivity index (χ2n) is 4.92. The third-order valence-electron chi connectivity index (χ3n) is 3.06. The minimum atomic E-state index is -0.233. The molecule has 0 fully saturated rings. The van der Waals surface area contributed by atoms with Crippen molar-refractivity contribution in [2.45, 2.75) is 13.3 Å². The van der Waals surface area contributed by atoms with Crippen LogP contribution in [-0.2, 0) is 0 Å². The summed E-state index contributed by atoms with van der Waals surface area (Å²) in [5, 5.41) is 8.79. The standard InChI is InChI=1S/C16H23N3O2/c1-4-19(11-6-10-18(2)3)16(21)15-8-9-17-13-14(15)7-5-12-20/h8-9,13,20H,4,6,10-12H2,1-3H3. The zero-order valence-electron chi connectivity index (χ0n) is 13.0. The largest absolute Gasteiger partial charge is 0.384 e. The maximum Gasteiger partial charge on any atom is 0.255 e. The topological polar surface area (TPSA) is 56.7 Å². The van der Waals surface area contributed by atoms with Crippen molar-refractivity contribution in [1.29, 1.82) is 0 Å². The van der Waals surface area contributed by atoms with Crippen molar-refractivity contribution in [2.75, 3.05) is 40.3 Å². The van der Waals surface area contributed by atoms with E-state index in [9.17, 15) is 4.79 Å². The van der Waals surface area contributed by atoms with Crippen molar-refractivity contribution in [2.24, 2.45) is 0 Å². The molecule has 5 nitrogen and oxygen atoms in total. The number of pyridine rings is 1. The molecular weight excluding hydrogens is 266 g/mol. The Kier molecular flexibility index (Phi) is 7.44. The van der Waals surface area contributed by atoms with Gasteiger partial charge in [0, 0.05) is 25.5 Å². The lowest BCUT2D eigenvalue weighted by atomic mass is 10.1. The molecule has 21 heavy (non-hydrogen) atoms. The molecule has 0 spiro atoms. The fraction of sp³-hybridized carbons (Fsp3) is 0.500. The van der Waals surface area contributed by atoms with Gasteiger partial charge in [0.2, 0.25) is 0 Å². The summed E-state index contributed by atoms with van der Waals surface area (Å²) in [5.41, 5.74) is 1.10. The van der Waals surface area contributed by atoms with Gasteiger partial charge in [-0.1, -0.05) is 11.8 Å². The molecule has 5 heteroatoms. The van der Waals surface area contributed by atoms with Crippen LogP contribution in [0.3, 0.4) is 0 Å². The Labute approximate surface area is 126 Å². The number of amides is 1. The van der Waals surface area contributed by atoms with Gasteiger partial charge in [-0.15, -0.1) is 0 Å². The summed E-state index contributed by atoms with van der Waals surface area (Å²) in [4.78, 5) is 20.5. The molecule has 1 aromatic heterocycles. The van der Waals surface area contributed by atoms with E-state index in [2.05, 4.69) is 21.7 Å². The van der Waals surface area contributed by atoms with E-state index in [1.54, 1.807) is 18.5 Å². The number of nitrogens with zero attached hydrogens (tertiary/aromatic N) is 3. The van der Waals surface area contributed by atoms with Gasteiger partial charge < -0.3 is 14.9 Å². The zero-order valence-corrected chi connectivity index (χ0v) is 13.0. The quantitative estimate of drug-likeness (QED) is 0.789. The van der Waals surface area contributed by atoms with Gasteiger partial charge in [-0.05, 0) is 40.1 Å². The first kappa shape index (κ1) is 17.2. The summed E-state index contributed by atoms with van der Waals surface area (Å²) < 4.78 is 0. The van der Waals surface area contributed by atoms with Crippen molar-refractivity contribution >= 4 is 5.91 Å². The van der Waals surface area contributed by atoms with Gasteiger partial charge in [0.25, 0.3) is 5.91 Å². The van der Waals surface area contributed by atoms with Gasteiger partial charge in [0.05, 0.1) is 11.1 Å². The van der Waals surface area contributed by atoms with Crippen LogP contribution < -0.4 is 0 Å². The Morgan fingerprint density at radius 2 is 2.14 bits per heavy atom. The molecule has 0 bridgehead atoms. The number of hydrogen-bond acceptors (Lipinski definition) is 4. The van der Waals surface area contributed by atoms with Crippen molar-refractivity contribution in [3.8, 4) is 11.8 Å². The zero-order chi connectivity index (χ0) is 15.7. The highest BCUT2D eigenvalue weighted by atomic mass is 16.2. The molecule has 0 radical (unpaired) electrons. The molecule has 0 atom stereocenters. The number of aliphatic hydroxyl groups excluding tert-OH is 1. The van der Waals surface area contributed by atoms with Gasteiger partial charge in [-0.2, -0.15) is 0 Å². The van der Waals surface area contributed by atoms with Crippen LogP contribution in [0.1, 0.15) is 29.3 Å². The fourth-order valence-electron chi connectivity index (χ4n) is 1.97. The Hall–Kier alpha value is -1.90. The second-order valence-corrected chi connectivity index (χ2v) is 4.92. The molecular formula is C16H23N3O2. The highest BCUT2D eigenvalue weighted by Crippen LogP contribution is 2.10. The van der Waals surface area contributed by atoms with Crippen molar-refractivity contribution in [3.63, 3.8) is 0 Å². The summed E-state index contributed by atoms with van der Waals surface area (Å²) in [7, 11) is 4.03. The average Bonchev–Trinajstić information content (AvgIpc) is 2.49. The maximum absolute atomic E-state index is 12.6. The molecule has 0 unspecified atom stereocenters. The van der Waals surface area contributed by atoms with Crippen LogP contribution in [0.15, 0.2) is 18.5 Å². The van der Waals surface area contributed by atoms with E-state index in [0.29, 0.717) is 24.2 Å². The molecule has 1 N–H and O–H groups in total. The first-order chi connectivity index (χ1) is 10.1. The average molecular weight is 289 g/mol. The van der Waals surface area contributed by atoms with Crippen LogP contribution >= 0.6 is 0 Å². The monoisotopic (exact) mass is 289 g/mol. The molecule has 114 valence electrons. The van der Waals surface area contributed by atoms with Gasteiger partial charge in [0.15, 0.2) is 0 Å². The van der Waals surface area contributed by atoms with Gasteiger partial charge in [-0.3, -0.25) is 9.78 Å². The van der Waals surface area contributed by atoms with Crippen molar-refractivity contribution in [3.05, 3.63) is 29.6 Å². The Bertz CT molecular complexity index is 518. The van der Waals surface area contributed by atoms with E-state index in [0.717, 1.165) is 13.0 Å². The van der Waals surface area contributed by atoms with E-state index in [1.807, 2.05) is 25.9 Å². The summed E-state index contributed by atoms with van der Waals surface area (Å²) in [6, 6.07) is 1.68. The third kappa shape index (κ3) is 5.54. The summed E-state index contributed by atoms with van der Waals surface area (Å²) in [5.74, 6) is 5.30. The van der Waals surface area contributed by atoms with E-state index >= 15 is 0 Å². The molecule has 0 saturated carbocycles. The van der Waals surface area contributed by atoms with Gasteiger partial charge in [-0.25, -0.2) is 0 Å². The molecule has 1 aromatic rings. The Morgan fingerprint density at radius 1 is 1.38 bits per heavy atom. The lowest BCUT2D eigenvalue weighted by Crippen LogP contribution is -2.33. The summed E-state index contributed by atoms with van der Waals surface area (Å²) in [6.07, 6.45) is 4.07.